The van der Waals surface area contributed by atoms with E-state index in [0.29, 0.717) is 13.1 Å². The number of carbonyl (C=O) groups is 2. The van der Waals surface area contributed by atoms with Crippen molar-refractivity contribution in [3.8, 4) is 0 Å². The molecule has 5 nitrogen and oxygen atoms in total. The highest BCUT2D eigenvalue weighted by Gasteiger charge is 2.42. The Labute approximate surface area is 111 Å². The van der Waals surface area contributed by atoms with Crippen molar-refractivity contribution in [3.05, 3.63) is 0 Å². The summed E-state index contributed by atoms with van der Waals surface area (Å²) in [6.45, 7) is 1.37. The Morgan fingerprint density at radius 2 is 2.22 bits per heavy atom. The van der Waals surface area contributed by atoms with Crippen molar-refractivity contribution in [3.63, 3.8) is 0 Å². The minimum atomic E-state index is -0.831. The lowest BCUT2D eigenvalue weighted by Crippen LogP contribution is -2.45. The summed E-state index contributed by atoms with van der Waals surface area (Å²) in [7, 11) is 0. The molecule has 2 N–H and O–H groups in total. The Morgan fingerprint density at radius 1 is 1.50 bits per heavy atom. The third-order valence-electron chi connectivity index (χ3n) is 3.85. The van der Waals surface area contributed by atoms with Crippen LogP contribution < -0.4 is 5.32 Å². The number of carbonyl (C=O) groups excluding carboxylic acids is 1. The van der Waals surface area contributed by atoms with Gasteiger partial charge in [-0.15, -0.1) is 0 Å². The first-order valence-corrected chi connectivity index (χ1v) is 7.60. The van der Waals surface area contributed by atoms with E-state index in [2.05, 4.69) is 11.6 Å². The van der Waals surface area contributed by atoms with Crippen LogP contribution in [-0.4, -0.2) is 52.1 Å². The van der Waals surface area contributed by atoms with Crippen LogP contribution in [0.2, 0.25) is 0 Å². The molecule has 0 aromatic rings. The van der Waals surface area contributed by atoms with Crippen molar-refractivity contribution in [2.45, 2.75) is 42.9 Å². The summed E-state index contributed by atoms with van der Waals surface area (Å²) in [5.74, 6) is -0.831. The summed E-state index contributed by atoms with van der Waals surface area (Å²) in [5.41, 5.74) is 0. The van der Waals surface area contributed by atoms with Gasteiger partial charge in [0, 0.05) is 23.9 Å². The van der Waals surface area contributed by atoms with E-state index in [-0.39, 0.29) is 23.2 Å². The monoisotopic (exact) mass is 272 g/mol. The molecule has 18 heavy (non-hydrogen) atoms. The molecule has 1 saturated heterocycles. The maximum absolute atomic E-state index is 12.0. The fourth-order valence-electron chi connectivity index (χ4n) is 2.45. The van der Waals surface area contributed by atoms with Crippen LogP contribution in [0.15, 0.2) is 0 Å². The Morgan fingerprint density at radius 3 is 2.78 bits per heavy atom. The Kier molecular flexibility index (Phi) is 4.04. The zero-order valence-electron chi connectivity index (χ0n) is 10.6. The fraction of sp³-hybridized carbons (Fsp3) is 0.833. The smallest absolute Gasteiger partial charge is 0.317 e. The van der Waals surface area contributed by atoms with Gasteiger partial charge in [0.2, 0.25) is 0 Å². The molecule has 1 aliphatic carbocycles. The quantitative estimate of drug-likeness (QED) is 0.796. The van der Waals surface area contributed by atoms with E-state index in [1.54, 1.807) is 16.7 Å². The summed E-state index contributed by atoms with van der Waals surface area (Å²) in [6, 6.07) is -0.231. The molecular formula is C12H20N2O3S. The maximum Gasteiger partial charge on any atom is 0.317 e. The Hall–Kier alpha value is -0.910. The summed E-state index contributed by atoms with van der Waals surface area (Å²) in [6.07, 6.45) is 6.15. The highest BCUT2D eigenvalue weighted by Crippen LogP contribution is 2.46. The number of carboxylic acid groups (broad SMARTS) is 1. The number of hydrogen-bond donors (Lipinski definition) is 2. The van der Waals surface area contributed by atoms with Gasteiger partial charge in [-0.3, -0.25) is 4.79 Å². The predicted octanol–water partition coefficient (Wildman–Crippen LogP) is 1.53. The maximum atomic E-state index is 12.0. The molecule has 102 valence electrons. The van der Waals surface area contributed by atoms with Gasteiger partial charge in [0.15, 0.2) is 0 Å². The van der Waals surface area contributed by atoms with Crippen LogP contribution in [0.4, 0.5) is 4.79 Å². The number of urea groups is 1. The van der Waals surface area contributed by atoms with E-state index < -0.39 is 5.97 Å². The number of carboxylic acids is 1. The zero-order valence-corrected chi connectivity index (χ0v) is 11.5. The molecule has 1 unspecified atom stereocenters. The van der Waals surface area contributed by atoms with E-state index in [9.17, 15) is 9.59 Å². The molecule has 6 heteroatoms. The van der Waals surface area contributed by atoms with Crippen LogP contribution in [0.3, 0.4) is 0 Å². The Balaban J connectivity index is 1.82. The average molecular weight is 272 g/mol. The number of nitrogens with zero attached hydrogens (tertiary/aromatic N) is 1. The second kappa shape index (κ2) is 5.38. The molecule has 1 atom stereocenters. The number of likely N-dealkylation sites (tertiary alicyclic amines) is 1. The van der Waals surface area contributed by atoms with E-state index in [4.69, 9.17) is 5.11 Å². The number of hydrogen-bond acceptors (Lipinski definition) is 3. The predicted molar refractivity (Wildman–Crippen MR) is 70.9 cm³/mol. The van der Waals surface area contributed by atoms with Crippen molar-refractivity contribution in [1.29, 1.82) is 0 Å². The lowest BCUT2D eigenvalue weighted by molar-refractivity contribution is -0.137. The highest BCUT2D eigenvalue weighted by atomic mass is 32.2. The van der Waals surface area contributed by atoms with Crippen LogP contribution in [-0.2, 0) is 4.79 Å². The summed E-state index contributed by atoms with van der Waals surface area (Å²) < 4.78 is 0.248. The summed E-state index contributed by atoms with van der Waals surface area (Å²) in [4.78, 5) is 24.5. The van der Waals surface area contributed by atoms with Crippen molar-refractivity contribution < 1.29 is 14.7 Å². The van der Waals surface area contributed by atoms with Gasteiger partial charge in [0.05, 0.1) is 6.42 Å². The molecule has 0 aromatic carbocycles. The minimum Gasteiger partial charge on any atom is -0.481 e. The SMILES string of the molecule is CSC1(CNC(=O)N2CCCC2CC(=O)O)CC1. The van der Waals surface area contributed by atoms with Crippen LogP contribution in [0.5, 0.6) is 0 Å². The second-order valence-corrected chi connectivity index (χ2v) is 6.41. The first-order chi connectivity index (χ1) is 8.56. The van der Waals surface area contributed by atoms with Gasteiger partial charge < -0.3 is 15.3 Å². The first kappa shape index (κ1) is 13.5. The summed E-state index contributed by atoms with van der Waals surface area (Å²) >= 11 is 1.81. The van der Waals surface area contributed by atoms with Gasteiger partial charge in [0.1, 0.15) is 0 Å². The highest BCUT2D eigenvalue weighted by molar-refractivity contribution is 8.00. The van der Waals surface area contributed by atoms with Crippen molar-refractivity contribution in [2.24, 2.45) is 0 Å². The third-order valence-corrected chi connectivity index (χ3v) is 5.27. The van der Waals surface area contributed by atoms with Gasteiger partial charge in [-0.25, -0.2) is 4.79 Å². The topological polar surface area (TPSA) is 69.6 Å². The Bertz CT molecular complexity index is 344. The van der Waals surface area contributed by atoms with Crippen LogP contribution >= 0.6 is 11.8 Å². The lowest BCUT2D eigenvalue weighted by Gasteiger charge is -2.25. The molecule has 2 rings (SSSR count). The molecule has 1 heterocycles. The molecule has 0 radical (unpaired) electrons. The van der Waals surface area contributed by atoms with E-state index >= 15 is 0 Å². The largest absolute Gasteiger partial charge is 0.481 e. The molecule has 0 spiro atoms. The first-order valence-electron chi connectivity index (χ1n) is 6.38. The number of rotatable bonds is 5. The number of nitrogens with one attached hydrogen (secondary N) is 1. The number of aliphatic carboxylic acids is 1. The summed E-state index contributed by atoms with van der Waals surface area (Å²) in [5, 5.41) is 11.8. The van der Waals surface area contributed by atoms with E-state index in [1.807, 2.05) is 0 Å². The van der Waals surface area contributed by atoms with Crippen molar-refractivity contribution in [2.75, 3.05) is 19.3 Å². The van der Waals surface area contributed by atoms with Crippen LogP contribution in [0.25, 0.3) is 0 Å². The van der Waals surface area contributed by atoms with Crippen molar-refractivity contribution >= 4 is 23.8 Å². The van der Waals surface area contributed by atoms with Gasteiger partial charge in [0.25, 0.3) is 0 Å². The zero-order chi connectivity index (χ0) is 13.2. The molecule has 1 aliphatic heterocycles. The van der Waals surface area contributed by atoms with Gasteiger partial charge in [-0.2, -0.15) is 11.8 Å². The number of amides is 2. The molecule has 2 amide bonds. The molecular weight excluding hydrogens is 252 g/mol. The van der Waals surface area contributed by atoms with Gasteiger partial charge >= 0.3 is 12.0 Å². The molecule has 0 bridgehead atoms. The van der Waals surface area contributed by atoms with Gasteiger partial charge in [-0.05, 0) is 31.9 Å². The minimum absolute atomic E-state index is 0.0566. The molecule has 2 fully saturated rings. The fourth-order valence-corrected chi connectivity index (χ4v) is 3.17. The molecule has 2 aliphatic rings. The second-order valence-electron chi connectivity index (χ2n) is 5.13. The van der Waals surface area contributed by atoms with Crippen LogP contribution in [0, 0.1) is 0 Å². The van der Waals surface area contributed by atoms with Gasteiger partial charge in [-0.1, -0.05) is 0 Å². The normalized spacial score (nSPS) is 24.9. The van der Waals surface area contributed by atoms with Crippen molar-refractivity contribution in [1.82, 2.24) is 10.2 Å². The molecule has 0 aromatic heterocycles. The standard InChI is InChI=1S/C12H20N2O3S/c1-18-12(4-5-12)8-13-11(17)14-6-2-3-9(14)7-10(15)16/h9H,2-8H2,1H3,(H,13,17)(H,15,16). The van der Waals surface area contributed by atoms with E-state index in [0.717, 1.165) is 25.7 Å². The lowest BCUT2D eigenvalue weighted by atomic mass is 10.1. The number of thioether (sulfide) groups is 1. The van der Waals surface area contributed by atoms with Crippen LogP contribution in [0.1, 0.15) is 32.1 Å². The third kappa shape index (κ3) is 3.10. The average Bonchev–Trinajstić information content (AvgIpc) is 2.98. The molecule has 1 saturated carbocycles. The van der Waals surface area contributed by atoms with E-state index in [1.165, 1.54) is 0 Å².